The van der Waals surface area contributed by atoms with Crippen molar-refractivity contribution in [2.24, 2.45) is 0 Å². The van der Waals surface area contributed by atoms with Crippen molar-refractivity contribution in [3.8, 4) is 0 Å². The molecule has 0 aliphatic heterocycles. The minimum absolute atomic E-state index is 0.319. The molecule has 1 aromatic carbocycles. The largest absolute Gasteiger partial charge is 0.376 e. The van der Waals surface area contributed by atoms with Crippen LogP contribution in [0.1, 0.15) is 37.3 Å². The number of hydrogen-bond donors (Lipinski definition) is 1. The van der Waals surface area contributed by atoms with Crippen LogP contribution in [0.4, 0.5) is 8.78 Å². The number of methoxy groups -OCH3 is 1. The molecule has 2 rings (SSSR count). The molecule has 1 aliphatic carbocycles. The molecule has 1 saturated carbocycles. The van der Waals surface area contributed by atoms with Crippen molar-refractivity contribution in [3.63, 3.8) is 0 Å². The van der Waals surface area contributed by atoms with Crippen molar-refractivity contribution < 1.29 is 13.5 Å². The van der Waals surface area contributed by atoms with Crippen LogP contribution in [0.15, 0.2) is 18.2 Å². The predicted octanol–water partition coefficient (Wildman–Crippen LogP) is 3.18. The lowest BCUT2D eigenvalue weighted by atomic mass is 9.86. The van der Waals surface area contributed by atoms with Gasteiger partial charge in [-0.2, -0.15) is 0 Å². The van der Waals surface area contributed by atoms with Crippen LogP contribution in [0.5, 0.6) is 0 Å². The van der Waals surface area contributed by atoms with Crippen LogP contribution in [-0.2, 0) is 4.74 Å². The SMILES string of the molecule is CNC(c1cc(F)ccc1F)C1(OC)CCCC1. The summed E-state index contributed by atoms with van der Waals surface area (Å²) in [5, 5.41) is 3.09. The minimum Gasteiger partial charge on any atom is -0.376 e. The summed E-state index contributed by atoms with van der Waals surface area (Å²) >= 11 is 0. The van der Waals surface area contributed by atoms with Gasteiger partial charge >= 0.3 is 0 Å². The topological polar surface area (TPSA) is 21.3 Å². The predicted molar refractivity (Wildman–Crippen MR) is 66.4 cm³/mol. The Labute approximate surface area is 106 Å². The maximum Gasteiger partial charge on any atom is 0.128 e. The molecule has 0 amide bonds. The van der Waals surface area contributed by atoms with Gasteiger partial charge in [0.1, 0.15) is 11.6 Å². The van der Waals surface area contributed by atoms with Gasteiger partial charge in [0.25, 0.3) is 0 Å². The second-order valence-electron chi connectivity index (χ2n) is 4.86. The fraction of sp³-hybridized carbons (Fsp3) is 0.571. The smallest absolute Gasteiger partial charge is 0.128 e. The summed E-state index contributed by atoms with van der Waals surface area (Å²) in [6.07, 6.45) is 3.85. The molecule has 1 N–H and O–H groups in total. The molecule has 100 valence electrons. The summed E-state index contributed by atoms with van der Waals surface area (Å²) in [5.74, 6) is -0.810. The third kappa shape index (κ3) is 2.27. The lowest BCUT2D eigenvalue weighted by Gasteiger charge is -2.36. The second-order valence-corrected chi connectivity index (χ2v) is 4.86. The number of hydrogen-bond acceptors (Lipinski definition) is 2. The average Bonchev–Trinajstić information content (AvgIpc) is 2.84. The second kappa shape index (κ2) is 5.33. The average molecular weight is 255 g/mol. The van der Waals surface area contributed by atoms with E-state index in [2.05, 4.69) is 5.32 Å². The number of nitrogens with one attached hydrogen (secondary N) is 1. The quantitative estimate of drug-likeness (QED) is 0.892. The zero-order chi connectivity index (χ0) is 13.2. The van der Waals surface area contributed by atoms with Gasteiger partial charge in [-0.3, -0.25) is 0 Å². The molecule has 0 aromatic heterocycles. The lowest BCUT2D eigenvalue weighted by molar-refractivity contribution is -0.0358. The third-order valence-corrected chi connectivity index (χ3v) is 3.94. The van der Waals surface area contributed by atoms with E-state index in [1.54, 1.807) is 14.2 Å². The van der Waals surface area contributed by atoms with Crippen LogP contribution in [0.2, 0.25) is 0 Å². The first-order valence-electron chi connectivity index (χ1n) is 6.30. The summed E-state index contributed by atoms with van der Waals surface area (Å²) in [7, 11) is 3.40. The van der Waals surface area contributed by atoms with Gasteiger partial charge in [-0.15, -0.1) is 0 Å². The molecule has 0 radical (unpaired) electrons. The van der Waals surface area contributed by atoms with Crippen LogP contribution in [0.3, 0.4) is 0 Å². The van der Waals surface area contributed by atoms with Crippen LogP contribution < -0.4 is 5.32 Å². The number of halogens is 2. The Morgan fingerprint density at radius 3 is 2.50 bits per heavy atom. The van der Waals surface area contributed by atoms with E-state index in [-0.39, 0.29) is 11.9 Å². The molecule has 0 saturated heterocycles. The van der Waals surface area contributed by atoms with E-state index in [0.29, 0.717) is 5.56 Å². The number of benzene rings is 1. The summed E-state index contributed by atoms with van der Waals surface area (Å²) in [6, 6.07) is 3.25. The molecule has 1 aliphatic rings. The minimum atomic E-state index is -0.427. The molecule has 0 spiro atoms. The van der Waals surface area contributed by atoms with Gasteiger partial charge < -0.3 is 10.1 Å². The van der Waals surface area contributed by atoms with E-state index in [1.165, 1.54) is 12.1 Å². The number of rotatable bonds is 4. The first kappa shape index (κ1) is 13.4. The van der Waals surface area contributed by atoms with Gasteiger partial charge in [-0.25, -0.2) is 8.78 Å². The molecule has 4 heteroatoms. The van der Waals surface area contributed by atoms with Gasteiger partial charge in [0.05, 0.1) is 11.6 Å². The molecule has 1 fully saturated rings. The van der Waals surface area contributed by atoms with E-state index in [1.807, 2.05) is 0 Å². The van der Waals surface area contributed by atoms with Gasteiger partial charge in [0.2, 0.25) is 0 Å². The van der Waals surface area contributed by atoms with Gasteiger partial charge in [-0.1, -0.05) is 12.8 Å². The molecule has 1 atom stereocenters. The summed E-state index contributed by atoms with van der Waals surface area (Å²) in [5.41, 5.74) is -0.0788. The normalized spacial score (nSPS) is 20.0. The Balaban J connectivity index is 2.40. The van der Waals surface area contributed by atoms with Crippen molar-refractivity contribution in [2.75, 3.05) is 14.2 Å². The molecule has 1 aromatic rings. The maximum absolute atomic E-state index is 13.9. The Hall–Kier alpha value is -1.00. The molecular formula is C14H19F2NO. The zero-order valence-electron chi connectivity index (χ0n) is 10.8. The van der Waals surface area contributed by atoms with E-state index in [0.717, 1.165) is 31.7 Å². The van der Waals surface area contributed by atoms with E-state index in [4.69, 9.17) is 4.74 Å². The van der Waals surface area contributed by atoms with E-state index >= 15 is 0 Å². The fourth-order valence-electron chi connectivity index (χ4n) is 3.02. The summed E-state index contributed by atoms with van der Waals surface area (Å²) in [4.78, 5) is 0. The number of likely N-dealkylation sites (N-methyl/N-ethyl adjacent to an activating group) is 1. The molecule has 18 heavy (non-hydrogen) atoms. The Bertz CT molecular complexity index is 416. The van der Waals surface area contributed by atoms with Gasteiger partial charge in [0, 0.05) is 12.7 Å². The maximum atomic E-state index is 13.9. The Kier molecular flexibility index (Phi) is 3.97. The highest BCUT2D eigenvalue weighted by Gasteiger charge is 2.42. The molecule has 0 bridgehead atoms. The van der Waals surface area contributed by atoms with E-state index < -0.39 is 11.4 Å². The Morgan fingerprint density at radius 2 is 1.94 bits per heavy atom. The fourth-order valence-corrected chi connectivity index (χ4v) is 3.02. The van der Waals surface area contributed by atoms with Crippen LogP contribution in [-0.4, -0.2) is 19.8 Å². The number of ether oxygens (including phenoxy) is 1. The van der Waals surface area contributed by atoms with Gasteiger partial charge in [-0.05, 0) is 38.1 Å². The zero-order valence-corrected chi connectivity index (χ0v) is 10.8. The summed E-state index contributed by atoms with van der Waals surface area (Å²) < 4.78 is 32.9. The monoisotopic (exact) mass is 255 g/mol. The van der Waals surface area contributed by atoms with Gasteiger partial charge in [0.15, 0.2) is 0 Å². The van der Waals surface area contributed by atoms with Crippen molar-refractivity contribution >= 4 is 0 Å². The molecule has 0 heterocycles. The van der Waals surface area contributed by atoms with E-state index in [9.17, 15) is 8.78 Å². The summed E-state index contributed by atoms with van der Waals surface area (Å²) in [6.45, 7) is 0. The molecule has 2 nitrogen and oxygen atoms in total. The van der Waals surface area contributed by atoms with Crippen LogP contribution in [0.25, 0.3) is 0 Å². The van der Waals surface area contributed by atoms with Crippen LogP contribution in [0, 0.1) is 11.6 Å². The van der Waals surface area contributed by atoms with Crippen molar-refractivity contribution in [1.29, 1.82) is 0 Å². The highest BCUT2D eigenvalue weighted by atomic mass is 19.1. The molecular weight excluding hydrogens is 236 g/mol. The third-order valence-electron chi connectivity index (χ3n) is 3.94. The highest BCUT2D eigenvalue weighted by Crippen LogP contribution is 2.43. The van der Waals surface area contributed by atoms with Crippen molar-refractivity contribution in [3.05, 3.63) is 35.4 Å². The lowest BCUT2D eigenvalue weighted by Crippen LogP contribution is -2.42. The highest BCUT2D eigenvalue weighted by molar-refractivity contribution is 5.26. The van der Waals surface area contributed by atoms with Crippen molar-refractivity contribution in [2.45, 2.75) is 37.3 Å². The standard InChI is InChI=1S/C14H19F2NO/c1-17-13(14(18-2)7-3-4-8-14)11-9-10(15)5-6-12(11)16/h5-6,9,13,17H,3-4,7-8H2,1-2H3. The Morgan fingerprint density at radius 1 is 1.28 bits per heavy atom. The van der Waals surface area contributed by atoms with Crippen molar-refractivity contribution in [1.82, 2.24) is 5.32 Å². The molecule has 1 unspecified atom stereocenters. The first-order valence-corrected chi connectivity index (χ1v) is 6.30. The first-order chi connectivity index (χ1) is 8.63. The van der Waals surface area contributed by atoms with Crippen LogP contribution >= 0.6 is 0 Å².